The van der Waals surface area contributed by atoms with Crippen molar-refractivity contribution in [3.05, 3.63) is 78.1 Å². The lowest BCUT2D eigenvalue weighted by Crippen LogP contribution is -2.38. The Bertz CT molecular complexity index is 1210. The number of ether oxygens (including phenoxy) is 2. The Balaban J connectivity index is 1.98. The first-order valence-corrected chi connectivity index (χ1v) is 11.1. The molecule has 0 radical (unpaired) electrons. The largest absolute Gasteiger partial charge is 0.493 e. The van der Waals surface area contributed by atoms with Crippen LogP contribution in [0.3, 0.4) is 0 Å². The highest BCUT2D eigenvalue weighted by atomic mass is 32.2. The summed E-state index contributed by atoms with van der Waals surface area (Å²) in [5.41, 5.74) is 1.46. The summed E-state index contributed by atoms with van der Waals surface area (Å²) in [6.07, 6.45) is 0. The van der Waals surface area contributed by atoms with Crippen LogP contribution in [0, 0.1) is 12.7 Å². The normalized spacial score (nSPS) is 11.0. The standard InChI is InChI=1S/C23H23FN2O5S/c1-16-7-9-19(10-8-16)26(15-23(27)25-18-6-4-5-17(24)13-18)32(28,29)20-11-12-21(30-2)22(14-20)31-3/h4-14H,15H2,1-3H3,(H,25,27). The van der Waals surface area contributed by atoms with E-state index in [1.165, 1.54) is 50.6 Å². The molecule has 1 amide bonds. The first-order valence-electron chi connectivity index (χ1n) is 9.61. The number of halogens is 1. The van der Waals surface area contributed by atoms with Gasteiger partial charge < -0.3 is 14.8 Å². The van der Waals surface area contributed by atoms with Gasteiger partial charge in [-0.3, -0.25) is 9.10 Å². The number of carbonyl (C=O) groups excluding carboxylic acids is 1. The lowest BCUT2D eigenvalue weighted by atomic mass is 10.2. The van der Waals surface area contributed by atoms with Crippen molar-refractivity contribution >= 4 is 27.3 Å². The van der Waals surface area contributed by atoms with Crippen LogP contribution in [0.4, 0.5) is 15.8 Å². The minimum absolute atomic E-state index is 0.0747. The van der Waals surface area contributed by atoms with Gasteiger partial charge in [-0.1, -0.05) is 23.8 Å². The molecule has 0 aliphatic carbocycles. The maximum absolute atomic E-state index is 13.5. The number of sulfonamides is 1. The molecule has 32 heavy (non-hydrogen) atoms. The molecule has 3 aromatic rings. The second-order valence-corrected chi connectivity index (χ2v) is 8.78. The number of amides is 1. The fourth-order valence-corrected chi connectivity index (χ4v) is 4.46. The first-order chi connectivity index (χ1) is 15.2. The molecule has 0 atom stereocenters. The summed E-state index contributed by atoms with van der Waals surface area (Å²) in [5, 5.41) is 2.53. The van der Waals surface area contributed by atoms with Gasteiger partial charge in [-0.15, -0.1) is 0 Å². The van der Waals surface area contributed by atoms with E-state index in [1.54, 1.807) is 24.3 Å². The van der Waals surface area contributed by atoms with Crippen LogP contribution < -0.4 is 19.1 Å². The van der Waals surface area contributed by atoms with Gasteiger partial charge in [0.1, 0.15) is 12.4 Å². The van der Waals surface area contributed by atoms with Crippen LogP contribution in [-0.4, -0.2) is 35.1 Å². The fourth-order valence-electron chi connectivity index (χ4n) is 3.03. The molecule has 0 saturated carbocycles. The van der Waals surface area contributed by atoms with Crippen molar-refractivity contribution in [3.63, 3.8) is 0 Å². The fraction of sp³-hybridized carbons (Fsp3) is 0.174. The number of benzene rings is 3. The van der Waals surface area contributed by atoms with Crippen LogP contribution in [0.5, 0.6) is 11.5 Å². The molecular weight excluding hydrogens is 435 g/mol. The van der Waals surface area contributed by atoms with E-state index in [0.29, 0.717) is 11.4 Å². The lowest BCUT2D eigenvalue weighted by molar-refractivity contribution is -0.114. The molecule has 3 aromatic carbocycles. The smallest absolute Gasteiger partial charge is 0.264 e. The van der Waals surface area contributed by atoms with Crippen molar-refractivity contribution in [3.8, 4) is 11.5 Å². The van der Waals surface area contributed by atoms with E-state index < -0.39 is 28.3 Å². The molecule has 0 saturated heterocycles. The number of hydrogen-bond donors (Lipinski definition) is 1. The third-order valence-electron chi connectivity index (χ3n) is 4.66. The third kappa shape index (κ3) is 5.17. The summed E-state index contributed by atoms with van der Waals surface area (Å²) < 4.78 is 51.9. The number of anilines is 2. The average Bonchev–Trinajstić information content (AvgIpc) is 2.77. The van der Waals surface area contributed by atoms with E-state index in [1.807, 2.05) is 6.92 Å². The molecule has 0 aliphatic heterocycles. The van der Waals surface area contributed by atoms with E-state index in [0.717, 1.165) is 15.9 Å². The Morgan fingerprint density at radius 1 is 0.969 bits per heavy atom. The minimum atomic E-state index is -4.16. The van der Waals surface area contributed by atoms with E-state index >= 15 is 0 Å². The topological polar surface area (TPSA) is 84.9 Å². The summed E-state index contributed by atoms with van der Waals surface area (Å²) in [6.45, 7) is 1.35. The monoisotopic (exact) mass is 458 g/mol. The van der Waals surface area contributed by atoms with Crippen molar-refractivity contribution in [2.75, 3.05) is 30.4 Å². The molecule has 168 valence electrons. The molecular formula is C23H23FN2O5S. The van der Waals surface area contributed by atoms with Crippen LogP contribution in [0.2, 0.25) is 0 Å². The predicted octanol–water partition coefficient (Wildman–Crippen LogP) is 3.99. The number of aryl methyl sites for hydroxylation is 1. The Labute approximate surface area is 186 Å². The summed E-state index contributed by atoms with van der Waals surface area (Å²) in [4.78, 5) is 12.6. The molecule has 0 heterocycles. The van der Waals surface area contributed by atoms with E-state index in [2.05, 4.69) is 5.32 Å². The van der Waals surface area contributed by atoms with Gasteiger partial charge >= 0.3 is 0 Å². The number of carbonyl (C=O) groups is 1. The second-order valence-electron chi connectivity index (χ2n) is 6.92. The van der Waals surface area contributed by atoms with E-state index in [-0.39, 0.29) is 16.3 Å². The van der Waals surface area contributed by atoms with E-state index in [9.17, 15) is 17.6 Å². The van der Waals surface area contributed by atoms with Gasteiger partial charge in [-0.25, -0.2) is 12.8 Å². The van der Waals surface area contributed by atoms with Gasteiger partial charge in [0, 0.05) is 11.8 Å². The minimum Gasteiger partial charge on any atom is -0.493 e. The third-order valence-corrected chi connectivity index (χ3v) is 6.43. The van der Waals surface area contributed by atoms with Crippen LogP contribution in [0.1, 0.15) is 5.56 Å². The highest BCUT2D eigenvalue weighted by molar-refractivity contribution is 7.92. The predicted molar refractivity (Wildman–Crippen MR) is 120 cm³/mol. The second kappa shape index (κ2) is 9.69. The highest BCUT2D eigenvalue weighted by Crippen LogP contribution is 2.32. The SMILES string of the molecule is COc1ccc(S(=O)(=O)N(CC(=O)Nc2cccc(F)c2)c2ccc(C)cc2)cc1OC. The average molecular weight is 459 g/mol. The van der Waals surface area contributed by atoms with Gasteiger partial charge in [0.25, 0.3) is 10.0 Å². The van der Waals surface area contributed by atoms with Crippen molar-refractivity contribution < 1.29 is 27.1 Å². The number of methoxy groups -OCH3 is 2. The summed E-state index contributed by atoms with van der Waals surface area (Å²) in [6, 6.07) is 16.3. The molecule has 0 aromatic heterocycles. The molecule has 0 spiro atoms. The quantitative estimate of drug-likeness (QED) is 0.552. The Morgan fingerprint density at radius 2 is 1.66 bits per heavy atom. The molecule has 0 aliphatic rings. The van der Waals surface area contributed by atoms with Crippen LogP contribution >= 0.6 is 0 Å². The van der Waals surface area contributed by atoms with E-state index in [4.69, 9.17) is 9.47 Å². The Morgan fingerprint density at radius 3 is 2.28 bits per heavy atom. The number of rotatable bonds is 8. The number of nitrogens with one attached hydrogen (secondary N) is 1. The van der Waals surface area contributed by atoms with Crippen LogP contribution in [-0.2, 0) is 14.8 Å². The molecule has 0 fully saturated rings. The van der Waals surface area contributed by atoms with Crippen molar-refractivity contribution in [2.24, 2.45) is 0 Å². The van der Waals surface area contributed by atoms with Gasteiger partial charge in [0.2, 0.25) is 5.91 Å². The zero-order chi connectivity index (χ0) is 23.3. The molecule has 1 N–H and O–H groups in total. The van der Waals surface area contributed by atoms with Gasteiger partial charge in [0.15, 0.2) is 11.5 Å². The summed E-state index contributed by atoms with van der Waals surface area (Å²) in [7, 11) is -1.31. The zero-order valence-corrected chi connectivity index (χ0v) is 18.6. The maximum atomic E-state index is 13.5. The van der Waals surface area contributed by atoms with Gasteiger partial charge in [-0.05, 0) is 49.4 Å². The Kier molecular flexibility index (Phi) is 6.99. The summed E-state index contributed by atoms with van der Waals surface area (Å²) >= 11 is 0. The zero-order valence-electron chi connectivity index (χ0n) is 17.8. The molecule has 0 unspecified atom stereocenters. The highest BCUT2D eigenvalue weighted by Gasteiger charge is 2.28. The molecule has 9 heteroatoms. The first kappa shape index (κ1) is 23.1. The van der Waals surface area contributed by atoms with Crippen molar-refractivity contribution in [1.29, 1.82) is 0 Å². The Hall–Kier alpha value is -3.59. The molecule has 0 bridgehead atoms. The maximum Gasteiger partial charge on any atom is 0.264 e. The van der Waals surface area contributed by atoms with Crippen LogP contribution in [0.25, 0.3) is 0 Å². The number of nitrogens with zero attached hydrogens (tertiary/aromatic N) is 1. The molecule has 7 nitrogen and oxygen atoms in total. The number of hydrogen-bond acceptors (Lipinski definition) is 5. The molecule has 3 rings (SSSR count). The van der Waals surface area contributed by atoms with Crippen molar-refractivity contribution in [2.45, 2.75) is 11.8 Å². The summed E-state index contributed by atoms with van der Waals surface area (Å²) in [5.74, 6) is -0.532. The van der Waals surface area contributed by atoms with Crippen molar-refractivity contribution in [1.82, 2.24) is 0 Å². The lowest BCUT2D eigenvalue weighted by Gasteiger charge is -2.24. The van der Waals surface area contributed by atoms with Crippen LogP contribution in [0.15, 0.2) is 71.6 Å². The van der Waals surface area contributed by atoms with Gasteiger partial charge in [-0.2, -0.15) is 0 Å². The van der Waals surface area contributed by atoms with Gasteiger partial charge in [0.05, 0.1) is 24.8 Å².